The second-order valence-corrected chi connectivity index (χ2v) is 12.9. The van der Waals surface area contributed by atoms with Gasteiger partial charge in [0.15, 0.2) is 13.0 Å². The number of hydrogen-bond donors (Lipinski definition) is 2. The summed E-state index contributed by atoms with van der Waals surface area (Å²) < 4.78 is 34.3. The third kappa shape index (κ3) is 7.75. The Morgan fingerprint density at radius 1 is 0.650 bits per heavy atom. The minimum absolute atomic E-state index is 0.0351. The van der Waals surface area contributed by atoms with Crippen molar-refractivity contribution in [3.05, 3.63) is 137 Å². The second-order valence-electron chi connectivity index (χ2n) is 8.12. The van der Waals surface area contributed by atoms with Gasteiger partial charge < -0.3 is 10.6 Å². The molecule has 0 atom stereocenters. The van der Waals surface area contributed by atoms with Gasteiger partial charge in [-0.1, -0.05) is 72.8 Å². The lowest BCUT2D eigenvalue weighted by Crippen LogP contribution is -2.68. The molecule has 0 aliphatic heterocycles. The van der Waals surface area contributed by atoms with Gasteiger partial charge in [-0.2, -0.15) is 0 Å². The maximum Gasteiger partial charge on any atom is 0.272 e. The molecule has 2 amide bonds. The highest BCUT2D eigenvalue weighted by Gasteiger charge is 2.51. The first-order valence-corrected chi connectivity index (χ1v) is 15.2. The van der Waals surface area contributed by atoms with Crippen LogP contribution in [0.25, 0.3) is 0 Å². The van der Waals surface area contributed by atoms with Crippen molar-refractivity contribution < 1.29 is 38.5 Å². The summed E-state index contributed by atoms with van der Waals surface area (Å²) in [6, 6.07) is 38.5. The van der Waals surface area contributed by atoms with Gasteiger partial charge in [-0.05, 0) is 60.1 Å². The molecule has 4 rings (SSSR count). The monoisotopic (exact) mass is 598 g/mol. The molecule has 40 heavy (non-hydrogen) atoms. The van der Waals surface area contributed by atoms with Crippen LogP contribution < -0.4 is 45.2 Å². The van der Waals surface area contributed by atoms with Gasteiger partial charge in [0, 0.05) is 12.6 Å². The topological polar surface area (TPSA) is 150 Å². The molecule has 0 heterocycles. The predicted octanol–water partition coefficient (Wildman–Crippen LogP) is -0.192. The van der Waals surface area contributed by atoms with Gasteiger partial charge in [0.25, 0.3) is 11.8 Å². The van der Waals surface area contributed by atoms with Crippen LogP contribution in [0.3, 0.4) is 0 Å². The highest BCUT2D eigenvalue weighted by molar-refractivity contribution is 8.00. The fraction of sp³-hybridized carbons (Fsp3) is 0.0345. The number of rotatable bonds is 7. The lowest BCUT2D eigenvalue weighted by molar-refractivity contribution is -2.00. The first-order valence-electron chi connectivity index (χ1n) is 11.8. The normalized spacial score (nSPS) is 11.8. The maximum atomic E-state index is 13.2. The van der Waals surface area contributed by atoms with E-state index < -0.39 is 29.3 Å². The molecule has 0 saturated carbocycles. The number of amides is 2. The summed E-state index contributed by atoms with van der Waals surface area (Å²) in [6.07, 6.45) is 0. The number of likely N-dealkylation sites (N-methyl/N-ethyl adjacent to an activating group) is 1. The second kappa shape index (κ2) is 14.2. The van der Waals surface area contributed by atoms with Crippen LogP contribution in [0.5, 0.6) is 0 Å². The van der Waals surface area contributed by atoms with E-state index in [2.05, 4.69) is 10.6 Å². The molecule has 0 unspecified atom stereocenters. The molecular weight excluding hydrogens is 574 g/mol. The van der Waals surface area contributed by atoms with Crippen molar-refractivity contribution >= 4 is 46.6 Å². The minimum Gasteiger partial charge on any atom is -0.354 e. The van der Waals surface area contributed by atoms with E-state index in [0.717, 1.165) is 15.9 Å². The molecule has 0 aromatic heterocycles. The minimum atomic E-state index is -4.94. The van der Waals surface area contributed by atoms with E-state index in [9.17, 15) is 9.59 Å². The fourth-order valence-corrected chi connectivity index (χ4v) is 8.95. The first kappa shape index (κ1) is 30.9. The third-order valence-electron chi connectivity index (χ3n) is 5.66. The Hall–Kier alpha value is -3.59. The molecule has 0 aliphatic carbocycles. The lowest BCUT2D eigenvalue weighted by atomic mass is 10.2. The van der Waals surface area contributed by atoms with Crippen LogP contribution in [0, 0.1) is 10.2 Å². The van der Waals surface area contributed by atoms with E-state index in [1.165, 1.54) is 7.05 Å². The van der Waals surface area contributed by atoms with Crippen LogP contribution >= 0.6 is 18.9 Å². The molecule has 0 bridgehead atoms. The predicted molar refractivity (Wildman–Crippen MR) is 146 cm³/mol. The van der Waals surface area contributed by atoms with Crippen LogP contribution in [0.4, 0.5) is 0 Å². The summed E-state index contributed by atoms with van der Waals surface area (Å²) in [5.74, 6) is -0.874. The molecule has 8 nitrogen and oxygen atoms in total. The van der Waals surface area contributed by atoms with Crippen molar-refractivity contribution in [1.82, 2.24) is 10.6 Å². The molecule has 0 radical (unpaired) electrons. The molecule has 2 N–H and O–H groups in total. The zero-order valence-electron chi connectivity index (χ0n) is 21.2. The number of hydrogen-bond acceptors (Lipinski definition) is 6. The van der Waals surface area contributed by atoms with E-state index in [0.29, 0.717) is 10.3 Å². The van der Waals surface area contributed by atoms with Gasteiger partial charge in [-0.3, -0.25) is 9.59 Å². The van der Waals surface area contributed by atoms with E-state index in [1.807, 2.05) is 97.1 Å². The molecule has 0 saturated heterocycles. The van der Waals surface area contributed by atoms with Crippen LogP contribution in [-0.2, 0) is 4.79 Å². The number of nitrogens with one attached hydrogen (secondary N) is 2. The van der Waals surface area contributed by atoms with Gasteiger partial charge in [-0.15, -0.1) is 10.2 Å². The van der Waals surface area contributed by atoms with Crippen LogP contribution in [-0.4, -0.2) is 18.9 Å². The highest BCUT2D eigenvalue weighted by atomic mass is 35.7. The van der Waals surface area contributed by atoms with Gasteiger partial charge in [-0.25, -0.2) is 18.6 Å². The Bertz CT molecular complexity index is 1330. The molecule has 0 fully saturated rings. The fourth-order valence-electron chi connectivity index (χ4n) is 4.01. The van der Waals surface area contributed by atoms with Crippen LogP contribution in [0.1, 0.15) is 10.4 Å². The molecule has 11 heteroatoms. The Labute approximate surface area is 239 Å². The van der Waals surface area contributed by atoms with Gasteiger partial charge in [0.2, 0.25) is 4.77 Å². The third-order valence-corrected chi connectivity index (χ3v) is 10.6. The smallest absolute Gasteiger partial charge is 0.272 e. The summed E-state index contributed by atoms with van der Waals surface area (Å²) in [6.45, 7) is 0. The van der Waals surface area contributed by atoms with E-state index >= 15 is 0 Å². The Morgan fingerprint density at radius 3 is 1.30 bits per heavy atom. The van der Waals surface area contributed by atoms with Gasteiger partial charge in [0.05, 0.1) is 0 Å². The summed E-state index contributed by atoms with van der Waals surface area (Å²) in [4.78, 5) is 26.4. The highest BCUT2D eigenvalue weighted by Crippen LogP contribution is 2.64. The molecule has 206 valence electrons. The zero-order chi connectivity index (χ0) is 29.2. The molecule has 4 aromatic carbocycles. The van der Waals surface area contributed by atoms with E-state index in [1.54, 1.807) is 24.3 Å². The van der Waals surface area contributed by atoms with Crippen molar-refractivity contribution in [1.29, 1.82) is 0 Å². The number of carbonyl (C=O) groups is 2. The summed E-state index contributed by atoms with van der Waals surface area (Å²) >= 11 is 7.33. The molecule has 0 aliphatic rings. The Balaban J connectivity index is 0.000000810. The largest absolute Gasteiger partial charge is 0.354 e. The van der Waals surface area contributed by atoms with E-state index in [4.69, 9.17) is 30.2 Å². The SMILES string of the molecule is CNC(=O)C(NC(=O)c1ccccc1)=C(Cl)[P+](c1ccccc1)(c1ccccc1)c1ccccc1.[O-][Cl+3]([O-])([O-])[O-]. The average Bonchev–Trinajstić information content (AvgIpc) is 2.97. The van der Waals surface area contributed by atoms with Gasteiger partial charge in [0.1, 0.15) is 15.9 Å². The van der Waals surface area contributed by atoms with Crippen LogP contribution in [0.15, 0.2) is 132 Å². The molecule has 0 spiro atoms. The number of carbonyl (C=O) groups excluding carboxylic acids is 2. The summed E-state index contributed by atoms with van der Waals surface area (Å²) in [5, 5.41) is 8.38. The lowest BCUT2D eigenvalue weighted by Gasteiger charge is -2.28. The Kier molecular flexibility index (Phi) is 11.0. The summed E-state index contributed by atoms with van der Waals surface area (Å²) in [5.41, 5.74) is 0.467. The maximum absolute atomic E-state index is 13.2. The zero-order valence-corrected chi connectivity index (χ0v) is 23.6. The molecule has 4 aromatic rings. The van der Waals surface area contributed by atoms with Crippen molar-refractivity contribution in [3.8, 4) is 0 Å². The number of halogens is 2. The van der Waals surface area contributed by atoms with Crippen LogP contribution in [0.2, 0.25) is 0 Å². The summed E-state index contributed by atoms with van der Waals surface area (Å²) in [7, 11) is -6.17. The molecular formula is C29H25Cl2N2O6P. The standard InChI is InChI=1S/C29H24ClN2O2P.ClHO4/c1-31-29(34)26(32-28(33)22-14-6-2-7-15-22)27(30)35(23-16-8-3-9-17-23,24-18-10-4-11-19-24)25-20-12-5-13-21-25;2-1(3,4)5/h2-21H,1H3,(H-,31,32,33,34);(H,2,3,4,5). The van der Waals surface area contributed by atoms with E-state index in [-0.39, 0.29) is 5.70 Å². The van der Waals surface area contributed by atoms with Crippen molar-refractivity contribution in [2.45, 2.75) is 0 Å². The Morgan fingerprint density at radius 2 is 0.975 bits per heavy atom. The van der Waals surface area contributed by atoms with Gasteiger partial charge >= 0.3 is 0 Å². The average molecular weight is 599 g/mol. The van der Waals surface area contributed by atoms with Crippen molar-refractivity contribution in [3.63, 3.8) is 0 Å². The quantitative estimate of drug-likeness (QED) is 0.222. The van der Waals surface area contributed by atoms with Crippen molar-refractivity contribution in [2.75, 3.05) is 7.05 Å². The van der Waals surface area contributed by atoms with Crippen molar-refractivity contribution in [2.24, 2.45) is 0 Å². The number of benzene rings is 4. The first-order chi connectivity index (χ1) is 19.1.